The van der Waals surface area contributed by atoms with Crippen LogP contribution in [-0.4, -0.2) is 46.8 Å². The topological polar surface area (TPSA) is 122 Å². The second-order valence-corrected chi connectivity index (χ2v) is 7.70. The van der Waals surface area contributed by atoms with Gasteiger partial charge < -0.3 is 10.1 Å². The third-order valence-electron chi connectivity index (χ3n) is 5.54. The first-order valence-electron chi connectivity index (χ1n) is 10.4. The molecule has 1 saturated heterocycles. The molecule has 1 unspecified atom stereocenters. The lowest BCUT2D eigenvalue weighted by Gasteiger charge is -2.27. The van der Waals surface area contributed by atoms with Crippen molar-refractivity contribution in [3.05, 3.63) is 77.4 Å². The van der Waals surface area contributed by atoms with Crippen molar-refractivity contribution >= 4 is 29.5 Å². The van der Waals surface area contributed by atoms with Gasteiger partial charge in [-0.2, -0.15) is 4.39 Å². The molecule has 1 fully saturated rings. The Balaban J connectivity index is 1.48. The lowest BCUT2D eigenvalue weighted by molar-refractivity contribution is -0.136. The van der Waals surface area contributed by atoms with Crippen LogP contribution in [0.5, 0.6) is 5.75 Å². The van der Waals surface area contributed by atoms with Crippen LogP contribution < -0.4 is 15.4 Å². The number of halogens is 1. The highest BCUT2D eigenvalue weighted by Gasteiger charge is 2.45. The minimum atomic E-state index is -1.67. The first-order chi connectivity index (χ1) is 16.3. The van der Waals surface area contributed by atoms with E-state index in [-0.39, 0.29) is 41.8 Å². The van der Waals surface area contributed by atoms with E-state index in [2.05, 4.69) is 17.2 Å². The predicted octanol–water partition coefficient (Wildman–Crippen LogP) is 1.88. The molecule has 2 heterocycles. The van der Waals surface area contributed by atoms with Crippen LogP contribution in [0.2, 0.25) is 0 Å². The summed E-state index contributed by atoms with van der Waals surface area (Å²) >= 11 is 0. The molecule has 2 aromatic carbocycles. The van der Waals surface area contributed by atoms with E-state index in [1.807, 2.05) is 0 Å². The van der Waals surface area contributed by atoms with E-state index < -0.39 is 41.9 Å². The molecule has 2 aliphatic heterocycles. The summed E-state index contributed by atoms with van der Waals surface area (Å²) in [6.45, 7) is 3.23. The lowest BCUT2D eigenvalue weighted by atomic mass is 10.0. The number of fused-ring (bicyclic) bond motifs is 1. The van der Waals surface area contributed by atoms with Crippen molar-refractivity contribution in [3.63, 3.8) is 0 Å². The zero-order valence-electron chi connectivity index (χ0n) is 17.9. The summed E-state index contributed by atoms with van der Waals surface area (Å²) in [6, 6.07) is 9.37. The molecule has 0 aliphatic carbocycles. The molecule has 2 atom stereocenters. The van der Waals surface area contributed by atoms with Crippen molar-refractivity contribution in [1.29, 1.82) is 0 Å². The van der Waals surface area contributed by atoms with Gasteiger partial charge in [-0.1, -0.05) is 18.7 Å². The number of alkyl halides is 1. The molecule has 9 nitrogen and oxygen atoms in total. The van der Waals surface area contributed by atoms with Gasteiger partial charge in [-0.25, -0.2) is 0 Å². The first kappa shape index (κ1) is 22.8. The summed E-state index contributed by atoms with van der Waals surface area (Å²) in [5.41, 5.74) is 0.928. The summed E-state index contributed by atoms with van der Waals surface area (Å²) in [4.78, 5) is 63.0. The minimum absolute atomic E-state index is 0.0239. The Morgan fingerprint density at radius 3 is 2.59 bits per heavy atom. The fourth-order valence-electron chi connectivity index (χ4n) is 3.87. The highest BCUT2D eigenvalue weighted by Crippen LogP contribution is 2.30. The van der Waals surface area contributed by atoms with Gasteiger partial charge in [0, 0.05) is 18.5 Å². The van der Waals surface area contributed by atoms with E-state index in [4.69, 9.17) is 4.74 Å². The van der Waals surface area contributed by atoms with E-state index >= 15 is 0 Å². The molecule has 2 aromatic rings. The number of carbonyl (C=O) groups excluding carboxylic acids is 5. The van der Waals surface area contributed by atoms with Gasteiger partial charge >= 0.3 is 0 Å². The van der Waals surface area contributed by atoms with Crippen LogP contribution in [0.25, 0.3) is 0 Å². The Kier molecular flexibility index (Phi) is 6.22. The van der Waals surface area contributed by atoms with Gasteiger partial charge in [0.2, 0.25) is 11.8 Å². The van der Waals surface area contributed by atoms with Crippen LogP contribution >= 0.6 is 0 Å². The normalized spacial score (nSPS) is 18.3. The number of carbonyl (C=O) groups is 5. The fourth-order valence-corrected chi connectivity index (χ4v) is 3.87. The second kappa shape index (κ2) is 9.26. The van der Waals surface area contributed by atoms with E-state index in [0.717, 1.165) is 11.0 Å². The maximum Gasteiger partial charge on any atom is 0.262 e. The number of ether oxygens (including phenoxy) is 1. The number of nitrogens with zero attached hydrogens (tertiary/aromatic N) is 1. The van der Waals surface area contributed by atoms with Gasteiger partial charge in [0.05, 0.1) is 11.1 Å². The van der Waals surface area contributed by atoms with Crippen LogP contribution in [0.3, 0.4) is 0 Å². The highest BCUT2D eigenvalue weighted by atomic mass is 19.1. The summed E-state index contributed by atoms with van der Waals surface area (Å²) in [7, 11) is 0. The molecular formula is C24H20FN3O6. The quantitative estimate of drug-likeness (QED) is 0.476. The van der Waals surface area contributed by atoms with Gasteiger partial charge in [0.1, 0.15) is 11.8 Å². The fraction of sp³-hybridized carbons (Fsp3) is 0.208. The van der Waals surface area contributed by atoms with Crippen LogP contribution in [-0.2, 0) is 16.1 Å². The molecular weight excluding hydrogens is 445 g/mol. The van der Waals surface area contributed by atoms with Gasteiger partial charge in [-0.15, -0.1) is 0 Å². The van der Waals surface area contributed by atoms with Crippen molar-refractivity contribution in [2.45, 2.75) is 31.8 Å². The molecule has 5 amide bonds. The molecule has 2 aliphatic rings. The van der Waals surface area contributed by atoms with Gasteiger partial charge in [0.25, 0.3) is 24.1 Å². The Morgan fingerprint density at radius 1 is 1.18 bits per heavy atom. The predicted molar refractivity (Wildman–Crippen MR) is 116 cm³/mol. The van der Waals surface area contributed by atoms with E-state index in [9.17, 15) is 28.4 Å². The number of nitrogens with one attached hydrogen (secondary N) is 2. The summed E-state index contributed by atoms with van der Waals surface area (Å²) in [5.74, 6) is -2.65. The molecule has 10 heteroatoms. The molecule has 0 bridgehead atoms. The van der Waals surface area contributed by atoms with Crippen molar-refractivity contribution in [2.24, 2.45) is 0 Å². The summed E-state index contributed by atoms with van der Waals surface area (Å²) in [5, 5.41) is 4.83. The summed E-state index contributed by atoms with van der Waals surface area (Å²) in [6.07, 6.45) is -0.597. The Labute approximate surface area is 193 Å². The Morgan fingerprint density at radius 2 is 1.91 bits per heavy atom. The third-order valence-corrected chi connectivity index (χ3v) is 5.54. The smallest absolute Gasteiger partial charge is 0.262 e. The highest BCUT2D eigenvalue weighted by molar-refractivity contribution is 6.24. The number of hydrogen-bond acceptors (Lipinski definition) is 6. The van der Waals surface area contributed by atoms with E-state index in [0.29, 0.717) is 5.56 Å². The van der Waals surface area contributed by atoms with E-state index in [1.165, 1.54) is 30.3 Å². The first-order valence-corrected chi connectivity index (χ1v) is 10.4. The Bertz CT molecular complexity index is 1210. The zero-order valence-corrected chi connectivity index (χ0v) is 17.9. The monoisotopic (exact) mass is 465 g/mol. The van der Waals surface area contributed by atoms with Crippen LogP contribution in [0, 0.1) is 0 Å². The summed E-state index contributed by atoms with van der Waals surface area (Å²) < 4.78 is 18.2. The molecule has 174 valence electrons. The average Bonchev–Trinajstić information content (AvgIpc) is 3.08. The molecule has 2 N–H and O–H groups in total. The number of imide groups is 2. The maximum atomic E-state index is 13.2. The number of rotatable bonds is 7. The minimum Gasteiger partial charge on any atom is -0.457 e. The van der Waals surface area contributed by atoms with Gasteiger partial charge in [0.15, 0.2) is 0 Å². The van der Waals surface area contributed by atoms with E-state index in [1.54, 1.807) is 12.1 Å². The van der Waals surface area contributed by atoms with Gasteiger partial charge in [-0.3, -0.25) is 34.2 Å². The number of benzene rings is 2. The standard InChI is InChI=1S/C24H20FN3O6/c1-2-18(25)34-15-8-6-13(7-9-15)21(30)26-12-14-4-3-5-16-20(14)24(33)28(23(16)32)17-10-11-19(29)27-22(17)31/h2-9,17-18H,1,10-12H2,(H,26,30)(H,27,29,31)/t17?,18-/m1/s1. The molecule has 0 spiro atoms. The average molecular weight is 465 g/mol. The van der Waals surface area contributed by atoms with Crippen molar-refractivity contribution < 1.29 is 33.1 Å². The van der Waals surface area contributed by atoms with Crippen molar-refractivity contribution in [1.82, 2.24) is 15.5 Å². The molecule has 0 radical (unpaired) electrons. The lowest BCUT2D eigenvalue weighted by Crippen LogP contribution is -2.54. The van der Waals surface area contributed by atoms with Crippen LogP contribution in [0.1, 0.15) is 49.5 Å². The molecule has 34 heavy (non-hydrogen) atoms. The number of amides is 5. The SMILES string of the molecule is C=C[C@H](F)Oc1ccc(C(=O)NCc2cccc3c2C(=O)N(C2CCC(=O)NC2=O)C3=O)cc1. The Hall–Kier alpha value is -4.34. The zero-order chi connectivity index (χ0) is 24.4. The van der Waals surface area contributed by atoms with Crippen LogP contribution in [0.15, 0.2) is 55.1 Å². The number of hydrogen-bond donors (Lipinski definition) is 2. The third kappa shape index (κ3) is 4.29. The van der Waals surface area contributed by atoms with Gasteiger partial charge in [-0.05, 0) is 48.4 Å². The number of piperidine rings is 1. The van der Waals surface area contributed by atoms with Crippen molar-refractivity contribution in [2.75, 3.05) is 0 Å². The van der Waals surface area contributed by atoms with Crippen LogP contribution in [0.4, 0.5) is 4.39 Å². The van der Waals surface area contributed by atoms with Crippen molar-refractivity contribution in [3.8, 4) is 5.75 Å². The molecule has 0 saturated carbocycles. The molecule has 4 rings (SSSR count). The molecule has 0 aromatic heterocycles. The maximum absolute atomic E-state index is 13.2. The second-order valence-electron chi connectivity index (χ2n) is 7.70. The largest absolute Gasteiger partial charge is 0.457 e.